The summed E-state index contributed by atoms with van der Waals surface area (Å²) in [4.78, 5) is 15.7. The molecule has 3 nitrogen and oxygen atoms in total. The van der Waals surface area contributed by atoms with Crippen LogP contribution >= 0.6 is 15.9 Å². The smallest absolute Gasteiger partial charge is 0.307 e. The van der Waals surface area contributed by atoms with Crippen molar-refractivity contribution in [2.45, 2.75) is 19.8 Å². The molecule has 0 fully saturated rings. The molecule has 1 atom stereocenters. The summed E-state index contributed by atoms with van der Waals surface area (Å²) in [5.41, 5.74) is 3.01. The maximum Gasteiger partial charge on any atom is 0.307 e. The Bertz CT molecular complexity index is 596. The van der Waals surface area contributed by atoms with Crippen molar-refractivity contribution < 1.29 is 9.90 Å². The van der Waals surface area contributed by atoms with Gasteiger partial charge in [-0.3, -0.25) is 9.78 Å². The molecule has 0 amide bonds. The van der Waals surface area contributed by atoms with Gasteiger partial charge in [0, 0.05) is 22.8 Å². The van der Waals surface area contributed by atoms with Crippen LogP contribution in [0.2, 0.25) is 0 Å². The maximum atomic E-state index is 11.4. The fourth-order valence-electron chi connectivity index (χ4n) is 2.13. The Morgan fingerprint density at radius 3 is 2.60 bits per heavy atom. The molecular weight excluding hydrogens is 318 g/mol. The molecule has 1 heterocycles. The number of carbonyl (C=O) groups is 1. The van der Waals surface area contributed by atoms with Crippen molar-refractivity contribution in [2.24, 2.45) is 5.92 Å². The minimum absolute atomic E-state index is 0.441. The number of hydrogen-bond acceptors (Lipinski definition) is 2. The first-order chi connectivity index (χ1) is 9.56. The van der Waals surface area contributed by atoms with Crippen LogP contribution in [0.25, 0.3) is 0 Å². The van der Waals surface area contributed by atoms with Crippen LogP contribution in [0.1, 0.15) is 16.8 Å². The lowest BCUT2D eigenvalue weighted by atomic mass is 9.92. The second-order valence-electron chi connectivity index (χ2n) is 4.84. The van der Waals surface area contributed by atoms with Gasteiger partial charge in [-0.2, -0.15) is 0 Å². The summed E-state index contributed by atoms with van der Waals surface area (Å²) in [5.74, 6) is -1.23. The van der Waals surface area contributed by atoms with Gasteiger partial charge in [0.1, 0.15) is 0 Å². The molecule has 0 radical (unpaired) electrons. The Labute approximate surface area is 126 Å². The number of rotatable bonds is 5. The van der Waals surface area contributed by atoms with Crippen molar-refractivity contribution in [1.82, 2.24) is 4.98 Å². The van der Waals surface area contributed by atoms with Crippen LogP contribution in [0.4, 0.5) is 0 Å². The second-order valence-corrected chi connectivity index (χ2v) is 5.75. The van der Waals surface area contributed by atoms with Crippen LogP contribution in [-0.2, 0) is 17.6 Å². The van der Waals surface area contributed by atoms with E-state index in [1.807, 2.05) is 43.3 Å². The number of hydrogen-bond donors (Lipinski definition) is 1. The van der Waals surface area contributed by atoms with E-state index in [0.717, 1.165) is 21.3 Å². The second kappa shape index (κ2) is 6.66. The van der Waals surface area contributed by atoms with Gasteiger partial charge in [0.15, 0.2) is 0 Å². The molecule has 1 unspecified atom stereocenters. The first-order valence-corrected chi connectivity index (χ1v) is 7.23. The third kappa shape index (κ3) is 3.90. The Balaban J connectivity index is 2.14. The maximum absolute atomic E-state index is 11.4. The number of aryl methyl sites for hydroxylation is 1. The number of carboxylic acid groups (broad SMARTS) is 1. The highest BCUT2D eigenvalue weighted by molar-refractivity contribution is 9.10. The summed E-state index contributed by atoms with van der Waals surface area (Å²) < 4.78 is 0.895. The van der Waals surface area contributed by atoms with E-state index in [9.17, 15) is 9.90 Å². The van der Waals surface area contributed by atoms with Crippen molar-refractivity contribution in [3.8, 4) is 0 Å². The van der Waals surface area contributed by atoms with Crippen molar-refractivity contribution in [3.05, 3.63) is 63.9 Å². The lowest BCUT2D eigenvalue weighted by molar-refractivity contribution is -0.141. The lowest BCUT2D eigenvalue weighted by Crippen LogP contribution is -2.20. The van der Waals surface area contributed by atoms with E-state index in [-0.39, 0.29) is 0 Å². The monoisotopic (exact) mass is 333 g/mol. The van der Waals surface area contributed by atoms with E-state index in [1.165, 1.54) is 0 Å². The summed E-state index contributed by atoms with van der Waals surface area (Å²) in [7, 11) is 0. The topological polar surface area (TPSA) is 50.2 Å². The predicted octanol–water partition coefficient (Wildman–Crippen LogP) is 3.64. The van der Waals surface area contributed by atoms with Crippen LogP contribution in [0, 0.1) is 12.8 Å². The molecule has 0 saturated carbocycles. The van der Waals surface area contributed by atoms with Crippen LogP contribution < -0.4 is 0 Å². The Kier molecular flexibility index (Phi) is 4.90. The standard InChI is InChI=1S/C16H16BrNO2/c1-11-4-2-3-5-12(11)8-13(16(19)20)9-15-7-6-14(17)10-18-15/h2-7,10,13H,8-9H2,1H3,(H,19,20). The van der Waals surface area contributed by atoms with Crippen molar-refractivity contribution >= 4 is 21.9 Å². The van der Waals surface area contributed by atoms with Crippen LogP contribution in [0.15, 0.2) is 47.1 Å². The van der Waals surface area contributed by atoms with Gasteiger partial charge in [0.05, 0.1) is 5.92 Å². The number of benzene rings is 1. The zero-order chi connectivity index (χ0) is 14.5. The summed E-state index contributed by atoms with van der Waals surface area (Å²) in [6, 6.07) is 11.6. The number of aliphatic carboxylic acids is 1. The number of halogens is 1. The van der Waals surface area contributed by atoms with E-state index in [1.54, 1.807) is 6.20 Å². The molecule has 0 aliphatic rings. The van der Waals surface area contributed by atoms with Gasteiger partial charge in [-0.05, 0) is 52.5 Å². The fourth-order valence-corrected chi connectivity index (χ4v) is 2.37. The average molecular weight is 334 g/mol. The summed E-state index contributed by atoms with van der Waals surface area (Å²) in [6.07, 6.45) is 2.67. The van der Waals surface area contributed by atoms with Gasteiger partial charge >= 0.3 is 5.97 Å². The van der Waals surface area contributed by atoms with E-state index >= 15 is 0 Å². The SMILES string of the molecule is Cc1ccccc1CC(Cc1ccc(Br)cn1)C(=O)O. The van der Waals surface area contributed by atoms with E-state index in [0.29, 0.717) is 12.8 Å². The molecule has 0 saturated heterocycles. The highest BCUT2D eigenvalue weighted by atomic mass is 79.9. The molecular formula is C16H16BrNO2. The molecule has 4 heteroatoms. The zero-order valence-corrected chi connectivity index (χ0v) is 12.8. The predicted molar refractivity (Wildman–Crippen MR) is 81.6 cm³/mol. The highest BCUT2D eigenvalue weighted by Gasteiger charge is 2.20. The molecule has 104 valence electrons. The largest absolute Gasteiger partial charge is 0.481 e. The number of carboxylic acids is 1. The molecule has 20 heavy (non-hydrogen) atoms. The van der Waals surface area contributed by atoms with Crippen molar-refractivity contribution in [3.63, 3.8) is 0 Å². The van der Waals surface area contributed by atoms with E-state index < -0.39 is 11.9 Å². The number of nitrogens with zero attached hydrogens (tertiary/aromatic N) is 1. The van der Waals surface area contributed by atoms with Gasteiger partial charge in [-0.25, -0.2) is 0 Å². The van der Waals surface area contributed by atoms with Gasteiger partial charge < -0.3 is 5.11 Å². The Hall–Kier alpha value is -1.68. The summed E-state index contributed by atoms with van der Waals surface area (Å²) in [5, 5.41) is 9.40. The summed E-state index contributed by atoms with van der Waals surface area (Å²) >= 11 is 3.33. The van der Waals surface area contributed by atoms with Crippen LogP contribution in [0.3, 0.4) is 0 Å². The molecule has 0 bridgehead atoms. The Morgan fingerprint density at radius 1 is 1.25 bits per heavy atom. The summed E-state index contributed by atoms with van der Waals surface area (Å²) in [6.45, 7) is 2.01. The lowest BCUT2D eigenvalue weighted by Gasteiger charge is -2.13. The van der Waals surface area contributed by atoms with Crippen LogP contribution in [-0.4, -0.2) is 16.1 Å². The normalized spacial score (nSPS) is 12.1. The fraction of sp³-hybridized carbons (Fsp3) is 0.250. The molecule has 2 aromatic rings. The minimum atomic E-state index is -0.780. The molecule has 0 spiro atoms. The minimum Gasteiger partial charge on any atom is -0.481 e. The highest BCUT2D eigenvalue weighted by Crippen LogP contribution is 2.18. The van der Waals surface area contributed by atoms with E-state index in [4.69, 9.17) is 0 Å². The molecule has 2 rings (SSSR count). The molecule has 0 aliphatic heterocycles. The molecule has 1 N–H and O–H groups in total. The zero-order valence-electron chi connectivity index (χ0n) is 11.2. The molecule has 1 aromatic heterocycles. The van der Waals surface area contributed by atoms with Crippen molar-refractivity contribution in [2.75, 3.05) is 0 Å². The first kappa shape index (κ1) is 14.7. The van der Waals surface area contributed by atoms with Gasteiger partial charge in [0.25, 0.3) is 0 Å². The third-order valence-electron chi connectivity index (χ3n) is 3.32. The van der Waals surface area contributed by atoms with Crippen molar-refractivity contribution in [1.29, 1.82) is 0 Å². The van der Waals surface area contributed by atoms with Crippen LogP contribution in [0.5, 0.6) is 0 Å². The quantitative estimate of drug-likeness (QED) is 0.908. The molecule has 0 aliphatic carbocycles. The number of pyridine rings is 1. The third-order valence-corrected chi connectivity index (χ3v) is 3.79. The number of aromatic nitrogens is 1. The Morgan fingerprint density at radius 2 is 2.00 bits per heavy atom. The van der Waals surface area contributed by atoms with Gasteiger partial charge in [-0.1, -0.05) is 24.3 Å². The van der Waals surface area contributed by atoms with Gasteiger partial charge in [0.2, 0.25) is 0 Å². The van der Waals surface area contributed by atoms with E-state index in [2.05, 4.69) is 20.9 Å². The first-order valence-electron chi connectivity index (χ1n) is 6.44. The average Bonchev–Trinajstić information content (AvgIpc) is 2.42. The van der Waals surface area contributed by atoms with Gasteiger partial charge in [-0.15, -0.1) is 0 Å². The molecule has 1 aromatic carbocycles.